The second-order valence-electron chi connectivity index (χ2n) is 4.07. The fourth-order valence-electron chi connectivity index (χ4n) is 1.92. The van der Waals surface area contributed by atoms with E-state index >= 15 is 0 Å². The van der Waals surface area contributed by atoms with Gasteiger partial charge in [-0.15, -0.1) is 0 Å². The Balaban J connectivity index is 2.42. The van der Waals surface area contributed by atoms with Gasteiger partial charge in [0.25, 0.3) is 5.56 Å². The molecule has 0 saturated heterocycles. The molecule has 90 valence electrons. The molecule has 3 rings (SSSR count). The van der Waals surface area contributed by atoms with Gasteiger partial charge in [0, 0.05) is 0 Å². The second kappa shape index (κ2) is 3.92. The zero-order valence-corrected chi connectivity index (χ0v) is 10.4. The molecule has 0 radical (unpaired) electrons. The summed E-state index contributed by atoms with van der Waals surface area (Å²) in [5.41, 5.74) is 2.20. The number of aromatic amines is 2. The van der Waals surface area contributed by atoms with Crippen LogP contribution in [-0.2, 0) is 0 Å². The van der Waals surface area contributed by atoms with Crippen molar-refractivity contribution < 1.29 is 0 Å². The van der Waals surface area contributed by atoms with Crippen LogP contribution >= 0.6 is 12.2 Å². The Kier molecular flexibility index (Phi) is 2.38. The van der Waals surface area contributed by atoms with Crippen LogP contribution in [0.2, 0.25) is 0 Å². The van der Waals surface area contributed by atoms with Crippen molar-refractivity contribution in [2.45, 2.75) is 6.92 Å². The van der Waals surface area contributed by atoms with Gasteiger partial charge in [0.05, 0.1) is 11.9 Å². The maximum absolute atomic E-state index is 12.3. The lowest BCUT2D eigenvalue weighted by Crippen LogP contribution is -2.20. The van der Waals surface area contributed by atoms with Crippen LogP contribution in [0.15, 0.2) is 35.3 Å². The van der Waals surface area contributed by atoms with Crippen LogP contribution in [0.5, 0.6) is 0 Å². The highest BCUT2D eigenvalue weighted by atomic mass is 32.1. The van der Waals surface area contributed by atoms with Crippen LogP contribution < -0.4 is 5.56 Å². The minimum Gasteiger partial charge on any atom is -0.316 e. The molecule has 6 heteroatoms. The van der Waals surface area contributed by atoms with Crippen molar-refractivity contribution in [3.05, 3.63) is 51.2 Å². The Hall–Kier alpha value is -2.21. The largest absolute Gasteiger partial charge is 0.316 e. The zero-order valence-electron chi connectivity index (χ0n) is 9.60. The van der Waals surface area contributed by atoms with Gasteiger partial charge in [-0.3, -0.25) is 14.5 Å². The van der Waals surface area contributed by atoms with Gasteiger partial charge >= 0.3 is 0 Å². The molecule has 0 saturated carbocycles. The molecule has 2 heterocycles. The van der Waals surface area contributed by atoms with Gasteiger partial charge < -0.3 is 4.98 Å². The molecule has 0 aliphatic rings. The number of fused-ring (bicyclic) bond motifs is 1. The number of nitrogens with zero attached hydrogens (tertiary/aromatic N) is 2. The average molecular weight is 258 g/mol. The normalized spacial score (nSPS) is 10.9. The van der Waals surface area contributed by atoms with E-state index < -0.39 is 0 Å². The van der Waals surface area contributed by atoms with Crippen molar-refractivity contribution in [3.8, 4) is 5.69 Å². The van der Waals surface area contributed by atoms with Crippen molar-refractivity contribution in [1.29, 1.82) is 0 Å². The molecule has 0 aliphatic heterocycles. The van der Waals surface area contributed by atoms with Crippen LogP contribution in [0.3, 0.4) is 0 Å². The van der Waals surface area contributed by atoms with Crippen molar-refractivity contribution in [1.82, 2.24) is 19.7 Å². The molecule has 5 nitrogen and oxygen atoms in total. The van der Waals surface area contributed by atoms with E-state index in [4.69, 9.17) is 12.2 Å². The number of rotatable bonds is 1. The summed E-state index contributed by atoms with van der Waals surface area (Å²) in [7, 11) is 0. The lowest BCUT2D eigenvalue weighted by atomic mass is 10.2. The van der Waals surface area contributed by atoms with Gasteiger partial charge in [-0.2, -0.15) is 5.10 Å². The second-order valence-corrected chi connectivity index (χ2v) is 4.46. The summed E-state index contributed by atoms with van der Waals surface area (Å²) in [6.07, 6.45) is 1.50. The standard InChI is InChI=1S/C12H10N4OS/c1-7-3-2-4-8(5-7)16-11(17)9-6-13-15-10(9)14-12(16)18/h2-6H,1H3,(H2,13,14,15,18). The van der Waals surface area contributed by atoms with Gasteiger partial charge in [0.1, 0.15) is 11.0 Å². The van der Waals surface area contributed by atoms with Crippen LogP contribution in [0.25, 0.3) is 16.7 Å². The first-order valence-electron chi connectivity index (χ1n) is 5.42. The maximum atomic E-state index is 12.3. The van der Waals surface area contributed by atoms with E-state index in [0.29, 0.717) is 15.8 Å². The molecule has 0 atom stereocenters. The summed E-state index contributed by atoms with van der Waals surface area (Å²) in [6.45, 7) is 1.97. The molecule has 0 spiro atoms. The minimum atomic E-state index is -0.173. The third-order valence-corrected chi connectivity index (χ3v) is 3.05. The molecule has 18 heavy (non-hydrogen) atoms. The number of aryl methyl sites for hydroxylation is 1. The Labute approximate surface area is 107 Å². The molecule has 0 amide bonds. The Morgan fingerprint density at radius 2 is 2.22 bits per heavy atom. The number of hydrogen-bond acceptors (Lipinski definition) is 3. The highest BCUT2D eigenvalue weighted by molar-refractivity contribution is 7.71. The number of hydrogen-bond donors (Lipinski definition) is 2. The Morgan fingerprint density at radius 1 is 1.39 bits per heavy atom. The predicted molar refractivity (Wildman–Crippen MR) is 71.6 cm³/mol. The Morgan fingerprint density at radius 3 is 3.00 bits per heavy atom. The summed E-state index contributed by atoms with van der Waals surface area (Å²) in [5.74, 6) is 0. The number of benzene rings is 1. The minimum absolute atomic E-state index is 0.173. The molecule has 2 aromatic heterocycles. The molecular formula is C12H10N4OS. The van der Waals surface area contributed by atoms with E-state index in [1.54, 1.807) is 0 Å². The lowest BCUT2D eigenvalue weighted by molar-refractivity contribution is 0.933. The maximum Gasteiger partial charge on any atom is 0.270 e. The molecule has 2 N–H and O–H groups in total. The average Bonchev–Trinajstić information content (AvgIpc) is 2.77. The van der Waals surface area contributed by atoms with Gasteiger partial charge in [-0.05, 0) is 36.8 Å². The molecule has 0 aliphatic carbocycles. The van der Waals surface area contributed by atoms with Crippen LogP contribution in [0.4, 0.5) is 0 Å². The van der Waals surface area contributed by atoms with E-state index in [9.17, 15) is 4.79 Å². The molecule has 0 unspecified atom stereocenters. The topological polar surface area (TPSA) is 66.5 Å². The van der Waals surface area contributed by atoms with Crippen LogP contribution in [0, 0.1) is 11.7 Å². The van der Waals surface area contributed by atoms with E-state index in [1.807, 2.05) is 31.2 Å². The highest BCUT2D eigenvalue weighted by Crippen LogP contribution is 2.10. The van der Waals surface area contributed by atoms with Crippen molar-refractivity contribution in [2.75, 3.05) is 0 Å². The third-order valence-electron chi connectivity index (χ3n) is 2.77. The molecule has 0 fully saturated rings. The molecular weight excluding hydrogens is 248 g/mol. The predicted octanol–water partition coefficient (Wildman–Crippen LogP) is 2.08. The fraction of sp³-hybridized carbons (Fsp3) is 0.0833. The van der Waals surface area contributed by atoms with E-state index in [-0.39, 0.29) is 5.56 Å². The smallest absolute Gasteiger partial charge is 0.270 e. The molecule has 3 aromatic rings. The highest BCUT2D eigenvalue weighted by Gasteiger charge is 2.08. The van der Waals surface area contributed by atoms with Crippen molar-refractivity contribution in [3.63, 3.8) is 0 Å². The summed E-state index contributed by atoms with van der Waals surface area (Å²) >= 11 is 5.22. The third kappa shape index (κ3) is 1.58. The van der Waals surface area contributed by atoms with E-state index in [1.165, 1.54) is 10.8 Å². The summed E-state index contributed by atoms with van der Waals surface area (Å²) in [4.78, 5) is 15.3. The van der Waals surface area contributed by atoms with Gasteiger partial charge in [0.2, 0.25) is 0 Å². The summed E-state index contributed by atoms with van der Waals surface area (Å²) < 4.78 is 1.82. The summed E-state index contributed by atoms with van der Waals surface area (Å²) in [5, 5.41) is 7.04. The quantitative estimate of drug-likeness (QED) is 0.657. The zero-order chi connectivity index (χ0) is 12.7. The first-order chi connectivity index (χ1) is 8.66. The van der Waals surface area contributed by atoms with Crippen molar-refractivity contribution >= 4 is 23.3 Å². The number of aromatic nitrogens is 4. The number of nitrogens with one attached hydrogen (secondary N) is 2. The van der Waals surface area contributed by atoms with E-state index in [2.05, 4.69) is 15.2 Å². The van der Waals surface area contributed by atoms with Gasteiger partial charge in [0.15, 0.2) is 4.77 Å². The fourth-order valence-corrected chi connectivity index (χ4v) is 2.21. The van der Waals surface area contributed by atoms with Crippen LogP contribution in [0.1, 0.15) is 5.56 Å². The lowest BCUT2D eigenvalue weighted by Gasteiger charge is -2.06. The van der Waals surface area contributed by atoms with E-state index in [0.717, 1.165) is 11.3 Å². The van der Waals surface area contributed by atoms with Crippen LogP contribution in [-0.4, -0.2) is 19.7 Å². The van der Waals surface area contributed by atoms with Gasteiger partial charge in [-0.1, -0.05) is 12.1 Å². The SMILES string of the molecule is Cc1cccc(-n2c(=S)[nH]c3[nH]ncc3c2=O)c1. The van der Waals surface area contributed by atoms with Gasteiger partial charge in [-0.25, -0.2) is 0 Å². The first kappa shape index (κ1) is 10.9. The first-order valence-corrected chi connectivity index (χ1v) is 5.83. The summed E-state index contributed by atoms with van der Waals surface area (Å²) in [6, 6.07) is 7.63. The Bertz CT molecular complexity index is 843. The van der Waals surface area contributed by atoms with Crippen molar-refractivity contribution in [2.24, 2.45) is 0 Å². The molecule has 1 aromatic carbocycles. The molecule has 0 bridgehead atoms. The number of H-pyrrole nitrogens is 2. The monoisotopic (exact) mass is 258 g/mol.